The molecule has 96 valence electrons. The van der Waals surface area contributed by atoms with Crippen LogP contribution in [0.2, 0.25) is 0 Å². The van der Waals surface area contributed by atoms with Gasteiger partial charge in [0.05, 0.1) is 6.10 Å². The molecule has 3 heteroatoms. The second-order valence-electron chi connectivity index (χ2n) is 5.24. The van der Waals surface area contributed by atoms with E-state index in [1.54, 1.807) is 7.11 Å². The van der Waals surface area contributed by atoms with Crippen LogP contribution in [0.5, 0.6) is 0 Å². The molecule has 1 rings (SSSR count). The van der Waals surface area contributed by atoms with Crippen molar-refractivity contribution in [3.63, 3.8) is 0 Å². The molecule has 0 heterocycles. The number of nitrogens with two attached hydrogens (primary N) is 1. The minimum Gasteiger partial charge on any atom is -0.385 e. The molecule has 0 aromatic rings. The summed E-state index contributed by atoms with van der Waals surface area (Å²) in [5, 5.41) is 0. The standard InChI is InChI=1S/C13H27NO2/c1-10(2)11-5-6-12(14)13(9-11)16-8-4-7-15-3/h10-13H,4-9,14H2,1-3H3. The molecule has 1 aliphatic rings. The number of hydrogen-bond donors (Lipinski definition) is 1. The Hall–Kier alpha value is -0.120. The van der Waals surface area contributed by atoms with Gasteiger partial charge in [-0.2, -0.15) is 0 Å². The lowest BCUT2D eigenvalue weighted by Gasteiger charge is -2.35. The van der Waals surface area contributed by atoms with E-state index in [2.05, 4.69) is 13.8 Å². The summed E-state index contributed by atoms with van der Waals surface area (Å²) in [4.78, 5) is 0. The lowest BCUT2D eigenvalue weighted by Crippen LogP contribution is -2.43. The molecule has 0 aliphatic heterocycles. The Morgan fingerprint density at radius 3 is 2.62 bits per heavy atom. The summed E-state index contributed by atoms with van der Waals surface area (Å²) in [6.07, 6.45) is 4.73. The molecule has 2 N–H and O–H groups in total. The van der Waals surface area contributed by atoms with Gasteiger partial charge in [-0.3, -0.25) is 0 Å². The van der Waals surface area contributed by atoms with Gasteiger partial charge in [-0.1, -0.05) is 13.8 Å². The molecule has 3 unspecified atom stereocenters. The maximum atomic E-state index is 6.10. The van der Waals surface area contributed by atoms with Gasteiger partial charge in [0.25, 0.3) is 0 Å². The molecule has 1 aliphatic carbocycles. The highest BCUT2D eigenvalue weighted by Gasteiger charge is 2.29. The maximum Gasteiger partial charge on any atom is 0.0728 e. The van der Waals surface area contributed by atoms with Crippen LogP contribution < -0.4 is 5.73 Å². The van der Waals surface area contributed by atoms with Crippen LogP contribution in [0, 0.1) is 11.8 Å². The third-order valence-corrected chi connectivity index (χ3v) is 3.65. The molecule has 3 atom stereocenters. The van der Waals surface area contributed by atoms with Crippen LogP contribution in [0.25, 0.3) is 0 Å². The summed E-state index contributed by atoms with van der Waals surface area (Å²) < 4.78 is 10.9. The second kappa shape index (κ2) is 7.25. The summed E-state index contributed by atoms with van der Waals surface area (Å²) in [5.41, 5.74) is 6.10. The molecule has 16 heavy (non-hydrogen) atoms. The van der Waals surface area contributed by atoms with E-state index in [9.17, 15) is 0 Å². The summed E-state index contributed by atoms with van der Waals surface area (Å²) in [6, 6.07) is 0.234. The van der Waals surface area contributed by atoms with Crippen molar-refractivity contribution in [2.24, 2.45) is 17.6 Å². The SMILES string of the molecule is COCCCOC1CC(C(C)C)CCC1N. The first-order chi connectivity index (χ1) is 7.65. The lowest BCUT2D eigenvalue weighted by atomic mass is 9.78. The van der Waals surface area contributed by atoms with E-state index in [1.165, 1.54) is 6.42 Å². The summed E-state index contributed by atoms with van der Waals surface area (Å²) >= 11 is 0. The first kappa shape index (κ1) is 13.9. The highest BCUT2D eigenvalue weighted by atomic mass is 16.5. The summed E-state index contributed by atoms with van der Waals surface area (Å²) in [5.74, 6) is 1.53. The van der Waals surface area contributed by atoms with E-state index in [0.29, 0.717) is 0 Å². The van der Waals surface area contributed by atoms with Crippen molar-refractivity contribution in [1.82, 2.24) is 0 Å². The number of hydrogen-bond acceptors (Lipinski definition) is 3. The lowest BCUT2D eigenvalue weighted by molar-refractivity contribution is -0.0137. The van der Waals surface area contributed by atoms with Crippen molar-refractivity contribution in [1.29, 1.82) is 0 Å². The van der Waals surface area contributed by atoms with Crippen LogP contribution in [-0.2, 0) is 9.47 Å². The van der Waals surface area contributed by atoms with Crippen molar-refractivity contribution < 1.29 is 9.47 Å². The van der Waals surface area contributed by atoms with Crippen molar-refractivity contribution >= 4 is 0 Å². The third-order valence-electron chi connectivity index (χ3n) is 3.65. The Kier molecular flexibility index (Phi) is 6.32. The van der Waals surface area contributed by atoms with Crippen molar-refractivity contribution in [3.8, 4) is 0 Å². The van der Waals surface area contributed by atoms with Gasteiger partial charge in [0, 0.05) is 26.4 Å². The molecular weight excluding hydrogens is 202 g/mol. The largest absolute Gasteiger partial charge is 0.385 e. The first-order valence-corrected chi connectivity index (χ1v) is 6.51. The van der Waals surface area contributed by atoms with Gasteiger partial charge in [0.2, 0.25) is 0 Å². The van der Waals surface area contributed by atoms with E-state index in [4.69, 9.17) is 15.2 Å². The number of ether oxygens (including phenoxy) is 2. The zero-order valence-corrected chi connectivity index (χ0v) is 10.9. The van der Waals surface area contributed by atoms with Gasteiger partial charge >= 0.3 is 0 Å². The molecule has 0 bridgehead atoms. The maximum absolute atomic E-state index is 6.10. The van der Waals surface area contributed by atoms with Gasteiger partial charge in [0.1, 0.15) is 0 Å². The van der Waals surface area contributed by atoms with Crippen LogP contribution >= 0.6 is 0 Å². The Morgan fingerprint density at radius 1 is 1.25 bits per heavy atom. The molecule has 3 nitrogen and oxygen atoms in total. The Bertz CT molecular complexity index is 185. The molecular formula is C13H27NO2. The Balaban J connectivity index is 2.26. The zero-order valence-electron chi connectivity index (χ0n) is 10.9. The van der Waals surface area contributed by atoms with Crippen LogP contribution in [0.4, 0.5) is 0 Å². The zero-order chi connectivity index (χ0) is 12.0. The van der Waals surface area contributed by atoms with Gasteiger partial charge in [-0.25, -0.2) is 0 Å². The molecule has 0 aromatic carbocycles. The van der Waals surface area contributed by atoms with Crippen LogP contribution in [-0.4, -0.2) is 32.5 Å². The van der Waals surface area contributed by atoms with Crippen LogP contribution in [0.15, 0.2) is 0 Å². The van der Waals surface area contributed by atoms with E-state index in [-0.39, 0.29) is 12.1 Å². The molecule has 1 saturated carbocycles. The minimum absolute atomic E-state index is 0.234. The second-order valence-corrected chi connectivity index (χ2v) is 5.24. The fourth-order valence-electron chi connectivity index (χ4n) is 2.42. The summed E-state index contributed by atoms with van der Waals surface area (Å²) in [7, 11) is 1.72. The predicted molar refractivity (Wildman–Crippen MR) is 66.4 cm³/mol. The minimum atomic E-state index is 0.234. The third kappa shape index (κ3) is 4.40. The van der Waals surface area contributed by atoms with E-state index in [1.807, 2.05) is 0 Å². The smallest absolute Gasteiger partial charge is 0.0728 e. The van der Waals surface area contributed by atoms with E-state index >= 15 is 0 Å². The van der Waals surface area contributed by atoms with Crippen LogP contribution in [0.3, 0.4) is 0 Å². The molecule has 0 amide bonds. The van der Waals surface area contributed by atoms with Crippen molar-refractivity contribution in [2.45, 2.75) is 51.7 Å². The first-order valence-electron chi connectivity index (χ1n) is 6.51. The molecule has 0 saturated heterocycles. The Morgan fingerprint density at radius 2 is 2.00 bits per heavy atom. The topological polar surface area (TPSA) is 44.5 Å². The van der Waals surface area contributed by atoms with Gasteiger partial charge < -0.3 is 15.2 Å². The van der Waals surface area contributed by atoms with Gasteiger partial charge in [-0.15, -0.1) is 0 Å². The van der Waals surface area contributed by atoms with Crippen LogP contribution in [0.1, 0.15) is 39.5 Å². The fraction of sp³-hybridized carbons (Fsp3) is 1.00. The van der Waals surface area contributed by atoms with Crippen molar-refractivity contribution in [2.75, 3.05) is 20.3 Å². The average Bonchev–Trinajstić information content (AvgIpc) is 2.26. The van der Waals surface area contributed by atoms with Gasteiger partial charge in [-0.05, 0) is 37.5 Å². The monoisotopic (exact) mass is 229 g/mol. The predicted octanol–water partition coefficient (Wildman–Crippen LogP) is 2.19. The number of rotatable bonds is 6. The molecule has 0 spiro atoms. The number of methoxy groups -OCH3 is 1. The molecule has 1 fully saturated rings. The highest BCUT2D eigenvalue weighted by Crippen LogP contribution is 2.30. The average molecular weight is 229 g/mol. The quantitative estimate of drug-likeness (QED) is 0.710. The van der Waals surface area contributed by atoms with E-state index < -0.39 is 0 Å². The fourth-order valence-corrected chi connectivity index (χ4v) is 2.42. The Labute approximate surface area is 99.7 Å². The highest BCUT2D eigenvalue weighted by molar-refractivity contribution is 4.84. The van der Waals surface area contributed by atoms with E-state index in [0.717, 1.165) is 44.3 Å². The van der Waals surface area contributed by atoms with Crippen molar-refractivity contribution in [3.05, 3.63) is 0 Å². The summed E-state index contributed by atoms with van der Waals surface area (Å²) in [6.45, 7) is 6.14. The van der Waals surface area contributed by atoms with Gasteiger partial charge in [0.15, 0.2) is 0 Å². The molecule has 0 radical (unpaired) electrons. The normalized spacial score (nSPS) is 30.9. The molecule has 0 aromatic heterocycles.